The summed E-state index contributed by atoms with van der Waals surface area (Å²) in [5, 5.41) is 5.63. The fourth-order valence-corrected chi connectivity index (χ4v) is 4.51. The number of hydrogen-bond donors (Lipinski definition) is 2. The molecule has 2 amide bonds. The lowest BCUT2D eigenvalue weighted by Gasteiger charge is -2.25. The fourth-order valence-electron chi connectivity index (χ4n) is 2.99. The summed E-state index contributed by atoms with van der Waals surface area (Å²) >= 11 is 0. The Bertz CT molecular complexity index is 666. The highest BCUT2D eigenvalue weighted by atomic mass is 32.2. The second-order valence-electron chi connectivity index (χ2n) is 7.25. The molecule has 1 aliphatic heterocycles. The van der Waals surface area contributed by atoms with E-state index in [1.807, 2.05) is 0 Å². The molecule has 1 aliphatic rings. The molecule has 1 aromatic rings. The highest BCUT2D eigenvalue weighted by Crippen LogP contribution is 2.20. The number of rotatable bonds is 8. The minimum Gasteiger partial charge on any atom is -0.338 e. The standard InChI is InChI=1S/C19H31N3O3S/c1-16(2)7-6-12-20-19(23)21-15-17-8-10-18(11-9-17)26(24,25)22-13-4-3-5-14-22/h8-11,16H,3-7,12-15H2,1-2H3,(H2,20,21,23). The number of carbonyl (C=O) groups excluding carboxylic acids is 1. The number of benzene rings is 1. The van der Waals surface area contributed by atoms with Crippen molar-refractivity contribution in [3.63, 3.8) is 0 Å². The maximum Gasteiger partial charge on any atom is 0.315 e. The normalized spacial score (nSPS) is 15.8. The first-order chi connectivity index (χ1) is 12.4. The zero-order chi connectivity index (χ0) is 19.0. The second kappa shape index (κ2) is 9.92. The monoisotopic (exact) mass is 381 g/mol. The Morgan fingerprint density at radius 3 is 2.35 bits per heavy atom. The van der Waals surface area contributed by atoms with Gasteiger partial charge in [-0.05, 0) is 49.3 Å². The van der Waals surface area contributed by atoms with Gasteiger partial charge in [-0.3, -0.25) is 0 Å². The van der Waals surface area contributed by atoms with Crippen LogP contribution in [0.15, 0.2) is 29.2 Å². The van der Waals surface area contributed by atoms with Crippen LogP contribution in [0.25, 0.3) is 0 Å². The van der Waals surface area contributed by atoms with Crippen LogP contribution in [-0.2, 0) is 16.6 Å². The van der Waals surface area contributed by atoms with E-state index in [0.717, 1.165) is 37.7 Å². The molecule has 0 unspecified atom stereocenters. The molecule has 0 atom stereocenters. The van der Waals surface area contributed by atoms with E-state index in [0.29, 0.717) is 37.0 Å². The third-order valence-corrected chi connectivity index (χ3v) is 6.49. The molecule has 1 saturated heterocycles. The van der Waals surface area contributed by atoms with Gasteiger partial charge in [0.1, 0.15) is 0 Å². The van der Waals surface area contributed by atoms with Crippen molar-refractivity contribution in [3.8, 4) is 0 Å². The van der Waals surface area contributed by atoms with E-state index in [1.54, 1.807) is 28.6 Å². The van der Waals surface area contributed by atoms with Gasteiger partial charge in [0, 0.05) is 26.2 Å². The van der Waals surface area contributed by atoms with Crippen LogP contribution >= 0.6 is 0 Å². The molecule has 0 radical (unpaired) electrons. The van der Waals surface area contributed by atoms with Crippen LogP contribution in [0, 0.1) is 5.92 Å². The van der Waals surface area contributed by atoms with Gasteiger partial charge in [-0.1, -0.05) is 32.4 Å². The first-order valence-corrected chi connectivity index (χ1v) is 10.9. The molecule has 0 saturated carbocycles. The Kier molecular flexibility index (Phi) is 7.90. The number of nitrogens with zero attached hydrogens (tertiary/aromatic N) is 1. The predicted molar refractivity (Wildman–Crippen MR) is 103 cm³/mol. The Hall–Kier alpha value is -1.60. The summed E-state index contributed by atoms with van der Waals surface area (Å²) in [6.07, 6.45) is 5.00. The maximum absolute atomic E-state index is 12.6. The van der Waals surface area contributed by atoms with Crippen molar-refractivity contribution in [2.24, 2.45) is 5.92 Å². The number of hydrogen-bond acceptors (Lipinski definition) is 3. The van der Waals surface area contributed by atoms with E-state index in [-0.39, 0.29) is 6.03 Å². The molecule has 0 bridgehead atoms. The zero-order valence-electron chi connectivity index (χ0n) is 15.8. The number of amides is 2. The lowest BCUT2D eigenvalue weighted by Crippen LogP contribution is -2.36. The van der Waals surface area contributed by atoms with Crippen molar-refractivity contribution >= 4 is 16.1 Å². The van der Waals surface area contributed by atoms with Crippen molar-refractivity contribution < 1.29 is 13.2 Å². The van der Waals surface area contributed by atoms with Crippen LogP contribution < -0.4 is 10.6 Å². The highest BCUT2D eigenvalue weighted by Gasteiger charge is 2.25. The van der Waals surface area contributed by atoms with Gasteiger partial charge in [-0.2, -0.15) is 4.31 Å². The zero-order valence-corrected chi connectivity index (χ0v) is 16.6. The first-order valence-electron chi connectivity index (χ1n) is 9.50. The minimum absolute atomic E-state index is 0.196. The van der Waals surface area contributed by atoms with Gasteiger partial charge < -0.3 is 10.6 Å². The molecule has 7 heteroatoms. The third-order valence-electron chi connectivity index (χ3n) is 4.57. The van der Waals surface area contributed by atoms with Gasteiger partial charge in [-0.25, -0.2) is 13.2 Å². The minimum atomic E-state index is -3.40. The Labute approximate surface area is 157 Å². The lowest BCUT2D eigenvalue weighted by molar-refractivity contribution is 0.240. The van der Waals surface area contributed by atoms with Gasteiger partial charge in [0.25, 0.3) is 0 Å². The summed E-state index contributed by atoms with van der Waals surface area (Å²) in [7, 11) is -3.40. The molecular weight excluding hydrogens is 350 g/mol. The largest absolute Gasteiger partial charge is 0.338 e. The van der Waals surface area contributed by atoms with E-state index >= 15 is 0 Å². The summed E-state index contributed by atoms with van der Waals surface area (Å²) in [5.74, 6) is 0.639. The summed E-state index contributed by atoms with van der Waals surface area (Å²) in [4.78, 5) is 12.1. The van der Waals surface area contributed by atoms with Gasteiger partial charge in [0.05, 0.1) is 4.90 Å². The molecule has 0 aromatic heterocycles. The van der Waals surface area contributed by atoms with Crippen LogP contribution in [0.4, 0.5) is 4.79 Å². The van der Waals surface area contributed by atoms with Crippen LogP contribution in [0.1, 0.15) is 51.5 Å². The smallest absolute Gasteiger partial charge is 0.315 e. The summed E-state index contributed by atoms with van der Waals surface area (Å²) in [6, 6.07) is 6.58. The van der Waals surface area contributed by atoms with Crippen LogP contribution in [0.2, 0.25) is 0 Å². The molecule has 2 N–H and O–H groups in total. The molecule has 0 spiro atoms. The molecule has 0 aliphatic carbocycles. The third kappa shape index (κ3) is 6.29. The van der Waals surface area contributed by atoms with Crippen molar-refractivity contribution in [1.82, 2.24) is 14.9 Å². The Balaban J connectivity index is 1.81. The predicted octanol–water partition coefficient (Wildman–Crippen LogP) is 3.10. The van der Waals surface area contributed by atoms with E-state index < -0.39 is 10.0 Å². The fraction of sp³-hybridized carbons (Fsp3) is 0.632. The van der Waals surface area contributed by atoms with Gasteiger partial charge in [0.15, 0.2) is 0 Å². The van der Waals surface area contributed by atoms with E-state index in [1.165, 1.54) is 0 Å². The molecular formula is C19H31N3O3S. The average molecular weight is 382 g/mol. The average Bonchev–Trinajstić information content (AvgIpc) is 2.64. The van der Waals surface area contributed by atoms with E-state index in [4.69, 9.17) is 0 Å². The topological polar surface area (TPSA) is 78.5 Å². The van der Waals surface area contributed by atoms with Crippen molar-refractivity contribution in [2.75, 3.05) is 19.6 Å². The SMILES string of the molecule is CC(C)CCCNC(=O)NCc1ccc(S(=O)(=O)N2CCCCC2)cc1. The van der Waals surface area contributed by atoms with Crippen LogP contribution in [0.3, 0.4) is 0 Å². The Morgan fingerprint density at radius 1 is 1.08 bits per heavy atom. The molecule has 6 nitrogen and oxygen atoms in total. The van der Waals surface area contributed by atoms with Crippen LogP contribution in [0.5, 0.6) is 0 Å². The van der Waals surface area contributed by atoms with Crippen LogP contribution in [-0.4, -0.2) is 38.4 Å². The van der Waals surface area contributed by atoms with Gasteiger partial charge in [-0.15, -0.1) is 0 Å². The van der Waals surface area contributed by atoms with Gasteiger partial charge in [0.2, 0.25) is 10.0 Å². The number of nitrogens with one attached hydrogen (secondary N) is 2. The second-order valence-corrected chi connectivity index (χ2v) is 9.19. The summed E-state index contributed by atoms with van der Waals surface area (Å²) in [6.45, 7) is 6.56. The van der Waals surface area contributed by atoms with Crippen molar-refractivity contribution in [3.05, 3.63) is 29.8 Å². The summed E-state index contributed by atoms with van der Waals surface area (Å²) in [5.41, 5.74) is 0.875. The summed E-state index contributed by atoms with van der Waals surface area (Å²) < 4.78 is 26.8. The quantitative estimate of drug-likeness (QED) is 0.679. The maximum atomic E-state index is 12.6. The van der Waals surface area contributed by atoms with Gasteiger partial charge >= 0.3 is 6.03 Å². The molecule has 146 valence electrons. The number of carbonyl (C=O) groups is 1. The van der Waals surface area contributed by atoms with Crippen molar-refractivity contribution in [2.45, 2.75) is 57.4 Å². The van der Waals surface area contributed by atoms with E-state index in [9.17, 15) is 13.2 Å². The Morgan fingerprint density at radius 2 is 1.73 bits per heavy atom. The van der Waals surface area contributed by atoms with Crippen molar-refractivity contribution in [1.29, 1.82) is 0 Å². The number of sulfonamides is 1. The number of urea groups is 1. The molecule has 1 aromatic carbocycles. The first kappa shape index (κ1) is 20.7. The highest BCUT2D eigenvalue weighted by molar-refractivity contribution is 7.89. The molecule has 1 fully saturated rings. The van der Waals surface area contributed by atoms with E-state index in [2.05, 4.69) is 24.5 Å². The molecule has 26 heavy (non-hydrogen) atoms. The number of piperidine rings is 1. The molecule has 1 heterocycles. The lowest BCUT2D eigenvalue weighted by atomic mass is 10.1. The molecule has 2 rings (SSSR count).